The molecule has 2 amide bonds. The third-order valence-corrected chi connectivity index (χ3v) is 2.86. The van der Waals surface area contributed by atoms with Crippen molar-refractivity contribution in [3.8, 4) is 0 Å². The predicted octanol–water partition coefficient (Wildman–Crippen LogP) is 0.971. The first kappa shape index (κ1) is 12.4. The Hall–Kier alpha value is -2.04. The largest absolute Gasteiger partial charge is 0.383 e. The van der Waals surface area contributed by atoms with Gasteiger partial charge in [0.2, 0.25) is 11.8 Å². The second-order valence-corrected chi connectivity index (χ2v) is 4.25. The molecule has 96 valence electrons. The monoisotopic (exact) mass is 247 g/mol. The number of nitrogens with zero attached hydrogens (tertiary/aromatic N) is 1. The zero-order chi connectivity index (χ0) is 13.0. The van der Waals surface area contributed by atoms with E-state index >= 15 is 0 Å². The summed E-state index contributed by atoms with van der Waals surface area (Å²) >= 11 is 0. The van der Waals surface area contributed by atoms with Crippen LogP contribution in [0.1, 0.15) is 13.3 Å². The number of nitrogens with one attached hydrogen (secondary N) is 2. The molecule has 2 rings (SSSR count). The molecule has 0 atom stereocenters. The fraction of sp³-hybridized carbons (Fsp3) is 0.385. The Bertz CT molecular complexity index is 459. The fourth-order valence-corrected chi connectivity index (χ4v) is 1.99. The van der Waals surface area contributed by atoms with Gasteiger partial charge < -0.3 is 15.5 Å². The number of carbonyl (C=O) groups excluding carboxylic acids is 2. The van der Waals surface area contributed by atoms with E-state index in [1.54, 1.807) is 4.90 Å². The molecule has 1 aromatic carbocycles. The van der Waals surface area contributed by atoms with Gasteiger partial charge in [-0.3, -0.25) is 9.59 Å². The third-order valence-electron chi connectivity index (χ3n) is 2.86. The Labute approximate surface area is 106 Å². The van der Waals surface area contributed by atoms with Crippen LogP contribution in [0.25, 0.3) is 0 Å². The van der Waals surface area contributed by atoms with Crippen molar-refractivity contribution < 1.29 is 9.59 Å². The topological polar surface area (TPSA) is 61.4 Å². The summed E-state index contributed by atoms with van der Waals surface area (Å²) in [5.74, 6) is -0.272. The predicted molar refractivity (Wildman–Crippen MR) is 70.6 cm³/mol. The average molecular weight is 247 g/mol. The van der Waals surface area contributed by atoms with Gasteiger partial charge in [0.25, 0.3) is 0 Å². The minimum atomic E-state index is -0.190. The van der Waals surface area contributed by atoms with Crippen molar-refractivity contribution in [1.82, 2.24) is 5.32 Å². The maximum atomic E-state index is 12.1. The quantitative estimate of drug-likeness (QED) is 0.818. The molecule has 0 spiro atoms. The maximum Gasteiger partial charge on any atom is 0.246 e. The number of anilines is 2. The van der Waals surface area contributed by atoms with Crippen LogP contribution in [0.4, 0.5) is 11.4 Å². The second kappa shape index (κ2) is 5.53. The summed E-state index contributed by atoms with van der Waals surface area (Å²) in [6, 6.07) is 7.72. The molecule has 1 aromatic rings. The van der Waals surface area contributed by atoms with E-state index in [1.165, 1.54) is 6.92 Å². The fourth-order valence-electron chi connectivity index (χ4n) is 1.99. The molecule has 1 aliphatic heterocycles. The second-order valence-electron chi connectivity index (χ2n) is 4.25. The number of hydrogen-bond donors (Lipinski definition) is 2. The number of para-hydroxylation sites is 2. The molecule has 0 saturated carbocycles. The summed E-state index contributed by atoms with van der Waals surface area (Å²) in [5.41, 5.74) is 1.84. The van der Waals surface area contributed by atoms with Crippen molar-refractivity contribution in [2.24, 2.45) is 0 Å². The molecule has 0 unspecified atom stereocenters. The van der Waals surface area contributed by atoms with Crippen molar-refractivity contribution in [3.63, 3.8) is 0 Å². The lowest BCUT2D eigenvalue weighted by Crippen LogP contribution is -2.40. The first-order valence-electron chi connectivity index (χ1n) is 6.06. The van der Waals surface area contributed by atoms with Gasteiger partial charge in [0.1, 0.15) is 0 Å². The first-order valence-corrected chi connectivity index (χ1v) is 6.06. The van der Waals surface area contributed by atoms with E-state index in [2.05, 4.69) is 10.6 Å². The number of benzene rings is 1. The lowest BCUT2D eigenvalue weighted by Gasteiger charge is -2.22. The normalized spacial score (nSPS) is 14.2. The Morgan fingerprint density at radius 2 is 2.17 bits per heavy atom. The van der Waals surface area contributed by atoms with Gasteiger partial charge in [-0.25, -0.2) is 0 Å². The van der Waals surface area contributed by atoms with Crippen LogP contribution < -0.4 is 15.5 Å². The van der Waals surface area contributed by atoms with Crippen LogP contribution in [0.2, 0.25) is 0 Å². The van der Waals surface area contributed by atoms with Crippen molar-refractivity contribution in [2.75, 3.05) is 29.9 Å². The SMILES string of the molecule is CC(=O)NCC(=O)N1CCCNc2ccccc21. The molecule has 5 nitrogen and oxygen atoms in total. The zero-order valence-corrected chi connectivity index (χ0v) is 10.4. The molecule has 0 saturated heterocycles. The minimum absolute atomic E-state index is 0.0453. The highest BCUT2D eigenvalue weighted by Gasteiger charge is 2.20. The molecule has 0 aromatic heterocycles. The van der Waals surface area contributed by atoms with Crippen LogP contribution in [0.15, 0.2) is 24.3 Å². The summed E-state index contributed by atoms with van der Waals surface area (Å²) in [7, 11) is 0. The average Bonchev–Trinajstić information content (AvgIpc) is 2.58. The molecule has 1 aliphatic rings. The van der Waals surface area contributed by atoms with Gasteiger partial charge in [-0.15, -0.1) is 0 Å². The lowest BCUT2D eigenvalue weighted by molar-refractivity contribution is -0.123. The van der Waals surface area contributed by atoms with Crippen LogP contribution >= 0.6 is 0 Å². The molecule has 0 fully saturated rings. The number of hydrogen-bond acceptors (Lipinski definition) is 3. The Morgan fingerprint density at radius 3 is 2.94 bits per heavy atom. The summed E-state index contributed by atoms with van der Waals surface area (Å²) in [4.78, 5) is 24.7. The van der Waals surface area contributed by atoms with E-state index in [1.807, 2.05) is 24.3 Å². The highest BCUT2D eigenvalue weighted by atomic mass is 16.2. The summed E-state index contributed by atoms with van der Waals surface area (Å²) < 4.78 is 0. The summed E-state index contributed by atoms with van der Waals surface area (Å²) in [6.45, 7) is 2.97. The van der Waals surface area contributed by atoms with Gasteiger partial charge >= 0.3 is 0 Å². The zero-order valence-electron chi connectivity index (χ0n) is 10.4. The van der Waals surface area contributed by atoms with Crippen LogP contribution in [0.3, 0.4) is 0 Å². The molecular weight excluding hydrogens is 230 g/mol. The number of carbonyl (C=O) groups is 2. The Balaban J connectivity index is 2.17. The molecule has 18 heavy (non-hydrogen) atoms. The highest BCUT2D eigenvalue weighted by molar-refractivity contribution is 5.99. The number of rotatable bonds is 2. The van der Waals surface area contributed by atoms with Gasteiger partial charge in [-0.1, -0.05) is 12.1 Å². The van der Waals surface area contributed by atoms with Gasteiger partial charge in [0.05, 0.1) is 17.9 Å². The minimum Gasteiger partial charge on any atom is -0.383 e. The molecule has 2 N–H and O–H groups in total. The number of amides is 2. The molecule has 0 radical (unpaired) electrons. The van der Waals surface area contributed by atoms with E-state index in [4.69, 9.17) is 0 Å². The van der Waals surface area contributed by atoms with Gasteiger partial charge in [0, 0.05) is 20.0 Å². The van der Waals surface area contributed by atoms with Crippen LogP contribution in [-0.4, -0.2) is 31.4 Å². The molecule has 0 bridgehead atoms. The first-order chi connectivity index (χ1) is 8.68. The van der Waals surface area contributed by atoms with E-state index in [0.29, 0.717) is 6.54 Å². The molecule has 1 heterocycles. The van der Waals surface area contributed by atoms with Crippen molar-refractivity contribution >= 4 is 23.2 Å². The van der Waals surface area contributed by atoms with Crippen molar-refractivity contribution in [2.45, 2.75) is 13.3 Å². The van der Waals surface area contributed by atoms with Crippen molar-refractivity contribution in [1.29, 1.82) is 0 Å². The van der Waals surface area contributed by atoms with Gasteiger partial charge in [-0.05, 0) is 18.6 Å². The summed E-state index contributed by atoms with van der Waals surface area (Å²) in [6.07, 6.45) is 0.889. The maximum absolute atomic E-state index is 12.1. The van der Waals surface area contributed by atoms with E-state index < -0.39 is 0 Å². The van der Waals surface area contributed by atoms with Gasteiger partial charge in [0.15, 0.2) is 0 Å². The smallest absolute Gasteiger partial charge is 0.246 e. The van der Waals surface area contributed by atoms with Gasteiger partial charge in [-0.2, -0.15) is 0 Å². The molecule has 0 aliphatic carbocycles. The Morgan fingerprint density at radius 1 is 1.39 bits per heavy atom. The molecule has 5 heteroatoms. The lowest BCUT2D eigenvalue weighted by atomic mass is 10.2. The van der Waals surface area contributed by atoms with Crippen molar-refractivity contribution in [3.05, 3.63) is 24.3 Å². The van der Waals surface area contributed by atoms with Crippen LogP contribution in [-0.2, 0) is 9.59 Å². The Kier molecular flexibility index (Phi) is 3.82. The summed E-state index contributed by atoms with van der Waals surface area (Å²) in [5, 5.41) is 5.84. The standard InChI is InChI=1S/C13H17N3O2/c1-10(17)15-9-13(18)16-8-4-7-14-11-5-2-3-6-12(11)16/h2-3,5-6,14H,4,7-9H2,1H3,(H,15,17). The van der Waals surface area contributed by atoms with E-state index in [-0.39, 0.29) is 18.4 Å². The van der Waals surface area contributed by atoms with E-state index in [0.717, 1.165) is 24.3 Å². The number of fused-ring (bicyclic) bond motifs is 1. The molecular formula is C13H17N3O2. The van der Waals surface area contributed by atoms with Crippen LogP contribution in [0, 0.1) is 0 Å². The van der Waals surface area contributed by atoms with E-state index in [9.17, 15) is 9.59 Å². The van der Waals surface area contributed by atoms with Crippen LogP contribution in [0.5, 0.6) is 0 Å². The third kappa shape index (κ3) is 2.80. The highest BCUT2D eigenvalue weighted by Crippen LogP contribution is 2.27.